The molecular weight excluding hydrogens is 371 g/mol. The van der Waals surface area contributed by atoms with Crippen LogP contribution in [0.1, 0.15) is 16.1 Å². The lowest BCUT2D eigenvalue weighted by Crippen LogP contribution is -2.49. The summed E-state index contributed by atoms with van der Waals surface area (Å²) in [6, 6.07) is 8.21. The topological polar surface area (TPSA) is 114 Å². The molecule has 2 heterocycles. The van der Waals surface area contributed by atoms with Crippen molar-refractivity contribution < 1.29 is 23.5 Å². The molecule has 0 radical (unpaired) electrons. The Kier molecular flexibility index (Phi) is 6.33. The van der Waals surface area contributed by atoms with E-state index in [1.54, 1.807) is 12.1 Å². The molecule has 1 aliphatic heterocycles. The lowest BCUT2D eigenvalue weighted by molar-refractivity contribution is -0.0264. The zero-order chi connectivity index (χ0) is 19.9. The van der Waals surface area contributed by atoms with Gasteiger partial charge in [-0.2, -0.15) is 5.10 Å². The fourth-order valence-corrected chi connectivity index (χ4v) is 2.59. The average molecular weight is 390 g/mol. The molecule has 28 heavy (non-hydrogen) atoms. The van der Waals surface area contributed by atoms with Gasteiger partial charge in [-0.05, 0) is 23.8 Å². The third kappa shape index (κ3) is 5.36. The number of carbonyl (C=O) groups is 2. The Morgan fingerprint density at radius 2 is 2.07 bits per heavy atom. The van der Waals surface area contributed by atoms with Crippen LogP contribution in [-0.2, 0) is 16.1 Å². The van der Waals surface area contributed by atoms with E-state index < -0.39 is 23.7 Å². The highest BCUT2D eigenvalue weighted by Gasteiger charge is 2.26. The van der Waals surface area contributed by atoms with Crippen LogP contribution >= 0.6 is 0 Å². The first kappa shape index (κ1) is 19.5. The third-order valence-electron chi connectivity index (χ3n) is 4.07. The first-order chi connectivity index (χ1) is 13.5. The molecule has 0 bridgehead atoms. The molecule has 1 aromatic carbocycles. The maximum absolute atomic E-state index is 12.9. The number of hydrogen-bond acceptors (Lipinski definition) is 6. The zero-order valence-corrected chi connectivity index (χ0v) is 14.9. The number of amides is 2. The standard InChI is InChI=1S/C18H19FN4O5/c19-13-3-1-12(2-4-13)11-28-18(26)23-7-8-27-14(10-23)9-20-17(25)15-5-6-16(24)22-21-15/h1-6,14H,7-11H2,(H,20,25)(H,22,24). The highest BCUT2D eigenvalue weighted by molar-refractivity contribution is 5.91. The van der Waals surface area contributed by atoms with Crippen LogP contribution in [0.15, 0.2) is 41.2 Å². The summed E-state index contributed by atoms with van der Waals surface area (Å²) in [6.07, 6.45) is -0.912. The monoisotopic (exact) mass is 390 g/mol. The van der Waals surface area contributed by atoms with Crippen LogP contribution < -0.4 is 10.9 Å². The van der Waals surface area contributed by atoms with Gasteiger partial charge in [0.1, 0.15) is 18.1 Å². The normalized spacial score (nSPS) is 16.5. The van der Waals surface area contributed by atoms with Gasteiger partial charge >= 0.3 is 6.09 Å². The summed E-state index contributed by atoms with van der Waals surface area (Å²) >= 11 is 0. The number of H-pyrrole nitrogens is 1. The summed E-state index contributed by atoms with van der Waals surface area (Å²) in [5.74, 6) is -0.818. The van der Waals surface area contributed by atoms with E-state index in [0.717, 1.165) is 0 Å². The summed E-state index contributed by atoms with van der Waals surface area (Å²) in [5.41, 5.74) is 0.355. The first-order valence-electron chi connectivity index (χ1n) is 8.63. The molecule has 2 amide bonds. The molecule has 0 spiro atoms. The van der Waals surface area contributed by atoms with Crippen LogP contribution in [0, 0.1) is 5.82 Å². The van der Waals surface area contributed by atoms with Crippen molar-refractivity contribution in [2.75, 3.05) is 26.2 Å². The van der Waals surface area contributed by atoms with E-state index in [4.69, 9.17) is 9.47 Å². The Balaban J connectivity index is 1.45. The predicted molar refractivity (Wildman–Crippen MR) is 95.1 cm³/mol. The molecule has 1 aromatic heterocycles. The van der Waals surface area contributed by atoms with E-state index >= 15 is 0 Å². The molecular formula is C18H19FN4O5. The SMILES string of the molecule is O=C(NCC1CN(C(=O)OCc2ccc(F)cc2)CCO1)c1ccc(=O)[nH]n1. The number of hydrogen-bond donors (Lipinski definition) is 2. The number of benzene rings is 1. The lowest BCUT2D eigenvalue weighted by atomic mass is 10.2. The summed E-state index contributed by atoms with van der Waals surface area (Å²) in [5, 5.41) is 8.48. The van der Waals surface area contributed by atoms with Gasteiger partial charge < -0.3 is 19.7 Å². The summed E-state index contributed by atoms with van der Waals surface area (Å²) in [6.45, 7) is 1.13. The van der Waals surface area contributed by atoms with E-state index in [1.807, 2.05) is 0 Å². The molecule has 148 valence electrons. The Morgan fingerprint density at radius 1 is 1.29 bits per heavy atom. The second kappa shape index (κ2) is 9.09. The number of nitrogens with one attached hydrogen (secondary N) is 2. The number of halogens is 1. The average Bonchev–Trinajstić information content (AvgIpc) is 2.72. The molecule has 9 nitrogen and oxygen atoms in total. The Labute approximate surface area is 159 Å². The number of ether oxygens (including phenoxy) is 2. The Bertz CT molecular complexity index is 866. The van der Waals surface area contributed by atoms with Crippen molar-refractivity contribution in [1.29, 1.82) is 0 Å². The van der Waals surface area contributed by atoms with Gasteiger partial charge in [0.05, 0.1) is 19.3 Å². The molecule has 2 N–H and O–H groups in total. The Hall–Kier alpha value is -3.27. The molecule has 2 aromatic rings. The first-order valence-corrected chi connectivity index (χ1v) is 8.63. The minimum atomic E-state index is -0.508. The minimum absolute atomic E-state index is 0.0375. The van der Waals surface area contributed by atoms with Crippen LogP contribution in [0.4, 0.5) is 9.18 Å². The van der Waals surface area contributed by atoms with Gasteiger partial charge in [-0.15, -0.1) is 0 Å². The maximum Gasteiger partial charge on any atom is 0.410 e. The van der Waals surface area contributed by atoms with Crippen molar-refractivity contribution in [3.63, 3.8) is 0 Å². The van der Waals surface area contributed by atoms with Crippen molar-refractivity contribution in [3.05, 3.63) is 63.8 Å². The van der Waals surface area contributed by atoms with Crippen LogP contribution in [0.3, 0.4) is 0 Å². The van der Waals surface area contributed by atoms with Gasteiger partial charge in [-0.3, -0.25) is 9.59 Å². The van der Waals surface area contributed by atoms with E-state index in [0.29, 0.717) is 18.7 Å². The number of aromatic amines is 1. The summed E-state index contributed by atoms with van der Waals surface area (Å²) in [7, 11) is 0. The fraction of sp³-hybridized carbons (Fsp3) is 0.333. The number of aromatic nitrogens is 2. The highest BCUT2D eigenvalue weighted by atomic mass is 19.1. The van der Waals surface area contributed by atoms with Gasteiger partial charge in [0.15, 0.2) is 0 Å². The molecule has 1 fully saturated rings. The van der Waals surface area contributed by atoms with Crippen LogP contribution in [0.2, 0.25) is 0 Å². The van der Waals surface area contributed by atoms with Crippen molar-refractivity contribution in [2.45, 2.75) is 12.7 Å². The van der Waals surface area contributed by atoms with Crippen molar-refractivity contribution in [2.24, 2.45) is 0 Å². The quantitative estimate of drug-likeness (QED) is 0.776. The van der Waals surface area contributed by atoms with E-state index in [2.05, 4.69) is 15.5 Å². The van der Waals surface area contributed by atoms with Gasteiger partial charge in [0, 0.05) is 19.2 Å². The van der Waals surface area contributed by atoms with Crippen LogP contribution in [-0.4, -0.2) is 59.4 Å². The van der Waals surface area contributed by atoms with Crippen molar-refractivity contribution in [1.82, 2.24) is 20.4 Å². The second-order valence-corrected chi connectivity index (χ2v) is 6.14. The van der Waals surface area contributed by atoms with Gasteiger partial charge in [-0.25, -0.2) is 14.3 Å². The predicted octanol–water partition coefficient (Wildman–Crippen LogP) is 0.676. The molecule has 0 saturated carbocycles. The van der Waals surface area contributed by atoms with Gasteiger partial charge in [0.25, 0.3) is 11.5 Å². The summed E-state index contributed by atoms with van der Waals surface area (Å²) < 4.78 is 23.7. The molecule has 1 unspecified atom stereocenters. The summed E-state index contributed by atoms with van der Waals surface area (Å²) in [4.78, 5) is 36.7. The second-order valence-electron chi connectivity index (χ2n) is 6.14. The molecule has 1 atom stereocenters. The van der Waals surface area contributed by atoms with E-state index in [-0.39, 0.29) is 31.2 Å². The lowest BCUT2D eigenvalue weighted by Gasteiger charge is -2.32. The van der Waals surface area contributed by atoms with E-state index in [9.17, 15) is 18.8 Å². The van der Waals surface area contributed by atoms with Crippen molar-refractivity contribution >= 4 is 12.0 Å². The smallest absolute Gasteiger partial charge is 0.410 e. The molecule has 1 saturated heterocycles. The van der Waals surface area contributed by atoms with Gasteiger partial charge in [-0.1, -0.05) is 12.1 Å². The largest absolute Gasteiger partial charge is 0.445 e. The van der Waals surface area contributed by atoms with E-state index in [1.165, 1.54) is 29.2 Å². The third-order valence-corrected chi connectivity index (χ3v) is 4.07. The number of rotatable bonds is 5. The zero-order valence-electron chi connectivity index (χ0n) is 14.9. The fourth-order valence-electron chi connectivity index (χ4n) is 2.59. The number of carbonyl (C=O) groups excluding carboxylic acids is 2. The molecule has 1 aliphatic rings. The minimum Gasteiger partial charge on any atom is -0.445 e. The highest BCUT2D eigenvalue weighted by Crippen LogP contribution is 2.09. The van der Waals surface area contributed by atoms with Crippen LogP contribution in [0.25, 0.3) is 0 Å². The number of nitrogens with zero attached hydrogens (tertiary/aromatic N) is 2. The molecule has 10 heteroatoms. The maximum atomic E-state index is 12.9. The van der Waals surface area contributed by atoms with Gasteiger partial charge in [0.2, 0.25) is 0 Å². The van der Waals surface area contributed by atoms with Crippen molar-refractivity contribution in [3.8, 4) is 0 Å². The molecule has 3 rings (SSSR count). The van der Waals surface area contributed by atoms with Crippen LogP contribution in [0.5, 0.6) is 0 Å². The Morgan fingerprint density at radius 3 is 2.79 bits per heavy atom. The molecule has 0 aliphatic carbocycles. The number of morpholine rings is 1.